The molecule has 1 aliphatic heterocycles. The summed E-state index contributed by atoms with van der Waals surface area (Å²) in [5, 5.41) is 0. The van der Waals surface area contributed by atoms with Crippen LogP contribution < -0.4 is 4.74 Å². The van der Waals surface area contributed by atoms with Crippen LogP contribution in [0.1, 0.15) is 30.0 Å². The molecule has 170 valence electrons. The summed E-state index contributed by atoms with van der Waals surface area (Å²) in [5.74, 6) is 3.91. The maximum absolute atomic E-state index is 12.8. The molecule has 33 heavy (non-hydrogen) atoms. The van der Waals surface area contributed by atoms with Gasteiger partial charge in [0.1, 0.15) is 5.75 Å². The lowest BCUT2D eigenvalue weighted by Gasteiger charge is -2.32. The van der Waals surface area contributed by atoms with Crippen molar-refractivity contribution < 1.29 is 17.9 Å². The van der Waals surface area contributed by atoms with Crippen LogP contribution in [0.15, 0.2) is 54.7 Å². The summed E-state index contributed by atoms with van der Waals surface area (Å²) >= 11 is 0. The highest BCUT2D eigenvalue weighted by Crippen LogP contribution is 2.36. The molecule has 1 aliphatic rings. The van der Waals surface area contributed by atoms with Crippen molar-refractivity contribution in [2.24, 2.45) is 0 Å². The molecule has 1 fully saturated rings. The number of hydrogen-bond donors (Lipinski definition) is 0. The second-order valence-corrected chi connectivity index (χ2v) is 8.11. The number of alkyl halides is 3. The smallest absolute Gasteiger partial charge is 0.401 e. The molecule has 1 aromatic heterocycles. The highest BCUT2D eigenvalue weighted by molar-refractivity contribution is 5.69. The molecule has 0 bridgehead atoms. The van der Waals surface area contributed by atoms with Crippen LogP contribution in [-0.4, -0.2) is 47.8 Å². The van der Waals surface area contributed by atoms with E-state index in [1.165, 1.54) is 4.90 Å². The summed E-state index contributed by atoms with van der Waals surface area (Å²) in [6.45, 7) is -0.130. The van der Waals surface area contributed by atoms with E-state index in [9.17, 15) is 13.2 Å². The Morgan fingerprint density at radius 2 is 1.82 bits per heavy atom. The van der Waals surface area contributed by atoms with Crippen molar-refractivity contribution in [2.75, 3.05) is 26.7 Å². The van der Waals surface area contributed by atoms with Gasteiger partial charge in [0, 0.05) is 28.8 Å². The number of benzene rings is 2. The number of ether oxygens (including phenoxy) is 1. The average molecular weight is 451 g/mol. The lowest BCUT2D eigenvalue weighted by molar-refractivity contribution is -0.147. The van der Waals surface area contributed by atoms with E-state index in [1.807, 2.05) is 48.5 Å². The number of methoxy groups -OCH3 is 1. The summed E-state index contributed by atoms with van der Waals surface area (Å²) in [7, 11) is 1.61. The van der Waals surface area contributed by atoms with E-state index in [-0.39, 0.29) is 5.92 Å². The number of likely N-dealkylation sites (tertiary alicyclic amines) is 1. The Morgan fingerprint density at radius 1 is 1.09 bits per heavy atom. The summed E-state index contributed by atoms with van der Waals surface area (Å²) in [6.07, 6.45) is 4.25. The first-order chi connectivity index (χ1) is 15.9. The number of piperidine rings is 1. The normalized spacial score (nSPS) is 15.2. The van der Waals surface area contributed by atoms with Gasteiger partial charge in [0.05, 0.1) is 19.3 Å². The van der Waals surface area contributed by atoms with Crippen molar-refractivity contribution in [1.82, 2.24) is 14.9 Å². The third-order valence-corrected chi connectivity index (χ3v) is 5.89. The Hall–Kier alpha value is -3.37. The van der Waals surface area contributed by atoms with Crippen molar-refractivity contribution in [3.8, 4) is 40.6 Å². The van der Waals surface area contributed by atoms with Gasteiger partial charge in [-0.1, -0.05) is 18.1 Å². The fourth-order valence-corrected chi connectivity index (χ4v) is 4.19. The van der Waals surface area contributed by atoms with Gasteiger partial charge >= 0.3 is 6.18 Å². The largest absolute Gasteiger partial charge is 0.497 e. The number of nitrogens with zero attached hydrogens (tertiary/aromatic N) is 3. The summed E-state index contributed by atoms with van der Waals surface area (Å²) in [5.41, 5.74) is 4.23. The predicted molar refractivity (Wildman–Crippen MR) is 122 cm³/mol. The Labute approximate surface area is 191 Å². The minimum absolute atomic E-state index is 0.0300. The zero-order valence-corrected chi connectivity index (χ0v) is 18.3. The first-order valence-corrected chi connectivity index (χ1v) is 10.7. The number of hydrogen-bond acceptors (Lipinski definition) is 4. The molecule has 2 heterocycles. The molecule has 0 spiro atoms. The van der Waals surface area contributed by atoms with Crippen LogP contribution in [0, 0.1) is 12.3 Å². The Kier molecular flexibility index (Phi) is 6.66. The molecule has 0 N–H and O–H groups in total. The Morgan fingerprint density at radius 3 is 2.45 bits per heavy atom. The maximum atomic E-state index is 12.8. The molecule has 4 nitrogen and oxygen atoms in total. The van der Waals surface area contributed by atoms with Gasteiger partial charge < -0.3 is 4.74 Å². The summed E-state index contributed by atoms with van der Waals surface area (Å²) in [6, 6.07) is 15.1. The zero-order valence-electron chi connectivity index (χ0n) is 18.3. The number of rotatable bonds is 5. The van der Waals surface area contributed by atoms with Gasteiger partial charge in [0.15, 0.2) is 5.82 Å². The third kappa shape index (κ3) is 5.52. The van der Waals surface area contributed by atoms with Gasteiger partial charge in [-0.05, 0) is 67.9 Å². The number of aromatic nitrogens is 2. The van der Waals surface area contributed by atoms with Crippen LogP contribution >= 0.6 is 0 Å². The first kappa shape index (κ1) is 22.8. The van der Waals surface area contributed by atoms with E-state index in [0.29, 0.717) is 37.5 Å². The Balaban J connectivity index is 1.69. The molecule has 0 aliphatic carbocycles. The molecular formula is C26H24F3N3O. The summed E-state index contributed by atoms with van der Waals surface area (Å²) in [4.78, 5) is 11.0. The molecule has 0 saturated carbocycles. The van der Waals surface area contributed by atoms with Crippen LogP contribution in [0.3, 0.4) is 0 Å². The van der Waals surface area contributed by atoms with E-state index in [4.69, 9.17) is 16.1 Å². The maximum Gasteiger partial charge on any atom is 0.401 e. The molecular weight excluding hydrogens is 427 g/mol. The molecule has 4 rings (SSSR count). The van der Waals surface area contributed by atoms with E-state index < -0.39 is 12.7 Å². The van der Waals surface area contributed by atoms with Gasteiger partial charge in [-0.2, -0.15) is 13.2 Å². The fourth-order valence-electron chi connectivity index (χ4n) is 4.19. The fraction of sp³-hybridized carbons (Fsp3) is 0.308. The van der Waals surface area contributed by atoms with E-state index in [2.05, 4.69) is 10.9 Å². The lowest BCUT2D eigenvalue weighted by Crippen LogP contribution is -2.39. The number of terminal acetylenes is 1. The molecule has 1 saturated heterocycles. The van der Waals surface area contributed by atoms with E-state index >= 15 is 0 Å². The zero-order chi connectivity index (χ0) is 23.4. The SMILES string of the molecule is C#Cc1ccc(-c2ncc(-c3cccc(OC)c3)c(C3CCN(CC(F)(F)F)CC3)n2)cc1. The molecule has 3 aromatic rings. The van der Waals surface area contributed by atoms with Crippen LogP contribution in [0.25, 0.3) is 22.5 Å². The van der Waals surface area contributed by atoms with Crippen molar-refractivity contribution in [3.63, 3.8) is 0 Å². The van der Waals surface area contributed by atoms with E-state index in [0.717, 1.165) is 27.9 Å². The minimum atomic E-state index is -4.19. The van der Waals surface area contributed by atoms with Gasteiger partial charge in [0.2, 0.25) is 0 Å². The lowest BCUT2D eigenvalue weighted by atomic mass is 9.88. The second-order valence-electron chi connectivity index (χ2n) is 8.11. The van der Waals surface area contributed by atoms with Crippen LogP contribution in [-0.2, 0) is 0 Å². The molecule has 2 aromatic carbocycles. The quantitative estimate of drug-likeness (QED) is 0.478. The van der Waals surface area contributed by atoms with Crippen LogP contribution in [0.2, 0.25) is 0 Å². The monoisotopic (exact) mass is 451 g/mol. The van der Waals surface area contributed by atoms with Crippen LogP contribution in [0.5, 0.6) is 5.75 Å². The van der Waals surface area contributed by atoms with Crippen molar-refractivity contribution in [3.05, 3.63) is 66.0 Å². The molecule has 0 radical (unpaired) electrons. The molecule has 0 amide bonds. The van der Waals surface area contributed by atoms with Crippen molar-refractivity contribution >= 4 is 0 Å². The second kappa shape index (κ2) is 9.63. The van der Waals surface area contributed by atoms with Crippen molar-refractivity contribution in [2.45, 2.75) is 24.9 Å². The topological polar surface area (TPSA) is 38.2 Å². The highest BCUT2D eigenvalue weighted by atomic mass is 19.4. The number of halogens is 3. The van der Waals surface area contributed by atoms with Gasteiger partial charge in [0.25, 0.3) is 0 Å². The minimum Gasteiger partial charge on any atom is -0.497 e. The van der Waals surface area contributed by atoms with Crippen molar-refractivity contribution in [1.29, 1.82) is 0 Å². The highest BCUT2D eigenvalue weighted by Gasteiger charge is 2.33. The molecule has 7 heteroatoms. The Bertz CT molecular complexity index is 1140. The van der Waals surface area contributed by atoms with Gasteiger partial charge in [-0.15, -0.1) is 6.42 Å². The predicted octanol–water partition coefficient (Wildman–Crippen LogP) is 5.54. The molecule has 0 atom stereocenters. The standard InChI is InChI=1S/C26H24F3N3O/c1-3-18-7-9-20(10-8-18)25-30-16-23(21-5-4-6-22(15-21)33-2)24(31-25)19-11-13-32(14-12-19)17-26(27,28)29/h1,4-10,15-16,19H,11-14,17H2,2H3. The third-order valence-electron chi connectivity index (χ3n) is 5.89. The van der Waals surface area contributed by atoms with E-state index in [1.54, 1.807) is 13.3 Å². The average Bonchev–Trinajstić information content (AvgIpc) is 2.83. The van der Waals surface area contributed by atoms with Gasteiger partial charge in [-0.3, -0.25) is 4.90 Å². The molecule has 0 unspecified atom stereocenters. The van der Waals surface area contributed by atoms with Crippen LogP contribution in [0.4, 0.5) is 13.2 Å². The van der Waals surface area contributed by atoms with Gasteiger partial charge in [-0.25, -0.2) is 9.97 Å². The first-order valence-electron chi connectivity index (χ1n) is 10.7. The summed E-state index contributed by atoms with van der Waals surface area (Å²) < 4.78 is 43.8.